The molecule has 0 aromatic heterocycles. The molecule has 0 spiro atoms. The number of carbonyl (C=O) groups is 2. The van der Waals surface area contributed by atoms with Crippen LogP contribution in [0.3, 0.4) is 0 Å². The van der Waals surface area contributed by atoms with Crippen LogP contribution in [-0.4, -0.2) is 18.5 Å². The zero-order valence-corrected chi connectivity index (χ0v) is 10.8. The summed E-state index contributed by atoms with van der Waals surface area (Å²) in [5, 5.41) is 2.63. The van der Waals surface area contributed by atoms with Gasteiger partial charge in [-0.25, -0.2) is 4.79 Å². The summed E-state index contributed by atoms with van der Waals surface area (Å²) in [6.45, 7) is 5.64. The first-order valence-electron chi connectivity index (χ1n) is 5.76. The minimum absolute atomic E-state index is 0.243. The molecule has 1 aromatic rings. The molecule has 1 rings (SSSR count). The van der Waals surface area contributed by atoms with E-state index in [1.807, 2.05) is 19.1 Å². The number of esters is 1. The van der Waals surface area contributed by atoms with E-state index in [1.54, 1.807) is 26.0 Å². The summed E-state index contributed by atoms with van der Waals surface area (Å²) in [4.78, 5) is 23.0. The van der Waals surface area contributed by atoms with E-state index in [-0.39, 0.29) is 5.91 Å². The van der Waals surface area contributed by atoms with Crippen molar-refractivity contribution in [2.75, 3.05) is 6.61 Å². The smallest absolute Gasteiger partial charge is 0.332 e. The second-order valence-corrected chi connectivity index (χ2v) is 3.90. The Morgan fingerprint density at radius 1 is 1.28 bits per heavy atom. The summed E-state index contributed by atoms with van der Waals surface area (Å²) in [5.41, 5.74) is 2.10. The number of rotatable bonds is 4. The van der Waals surface area contributed by atoms with Crippen molar-refractivity contribution in [3.05, 3.63) is 47.2 Å². The van der Waals surface area contributed by atoms with Crippen LogP contribution in [-0.2, 0) is 9.53 Å². The van der Waals surface area contributed by atoms with Crippen molar-refractivity contribution in [2.45, 2.75) is 20.8 Å². The van der Waals surface area contributed by atoms with Crippen LogP contribution in [0.1, 0.15) is 29.8 Å². The average molecular weight is 247 g/mol. The zero-order valence-electron chi connectivity index (χ0n) is 10.8. The second-order valence-electron chi connectivity index (χ2n) is 3.90. The quantitative estimate of drug-likeness (QED) is 0.655. The van der Waals surface area contributed by atoms with Crippen molar-refractivity contribution < 1.29 is 14.3 Å². The topological polar surface area (TPSA) is 55.4 Å². The Balaban J connectivity index is 2.64. The van der Waals surface area contributed by atoms with Crippen LogP contribution >= 0.6 is 0 Å². The van der Waals surface area contributed by atoms with Gasteiger partial charge in [-0.1, -0.05) is 17.7 Å². The maximum atomic E-state index is 11.8. The van der Waals surface area contributed by atoms with Crippen molar-refractivity contribution in [2.24, 2.45) is 0 Å². The molecule has 0 atom stereocenters. The molecule has 0 radical (unpaired) electrons. The van der Waals surface area contributed by atoms with Gasteiger partial charge in [-0.2, -0.15) is 0 Å². The predicted molar refractivity (Wildman–Crippen MR) is 69.0 cm³/mol. The Kier molecular flexibility index (Phi) is 5.11. The monoisotopic (exact) mass is 247 g/mol. The van der Waals surface area contributed by atoms with Crippen LogP contribution in [0.4, 0.5) is 0 Å². The number of benzene rings is 1. The van der Waals surface area contributed by atoms with Gasteiger partial charge in [-0.05, 0) is 32.9 Å². The molecule has 0 saturated carbocycles. The number of allylic oxidation sites excluding steroid dienone is 1. The molecule has 1 aromatic carbocycles. The summed E-state index contributed by atoms with van der Waals surface area (Å²) in [6, 6.07) is 7.20. The number of ether oxygens (including phenoxy) is 1. The molecule has 0 fully saturated rings. The van der Waals surface area contributed by atoms with Crippen molar-refractivity contribution >= 4 is 11.9 Å². The van der Waals surface area contributed by atoms with Crippen molar-refractivity contribution in [3.8, 4) is 0 Å². The molecular formula is C14H17NO3. The number of hydrogen-bond acceptors (Lipinski definition) is 3. The van der Waals surface area contributed by atoms with Crippen LogP contribution in [0.2, 0.25) is 0 Å². The Morgan fingerprint density at radius 3 is 2.44 bits per heavy atom. The first-order valence-corrected chi connectivity index (χ1v) is 5.76. The molecule has 0 aliphatic heterocycles. The van der Waals surface area contributed by atoms with Gasteiger partial charge in [0.25, 0.3) is 5.91 Å². The van der Waals surface area contributed by atoms with Gasteiger partial charge in [0.2, 0.25) is 0 Å². The Bertz CT molecular complexity index is 460. The highest BCUT2D eigenvalue weighted by atomic mass is 16.5. The maximum absolute atomic E-state index is 11.8. The summed E-state index contributed by atoms with van der Waals surface area (Å²) in [7, 11) is 0. The lowest BCUT2D eigenvalue weighted by Crippen LogP contribution is -2.22. The van der Waals surface area contributed by atoms with Gasteiger partial charge in [0, 0.05) is 17.3 Å². The molecule has 0 bridgehead atoms. The summed E-state index contributed by atoms with van der Waals surface area (Å²) in [6.07, 6.45) is 1.26. The van der Waals surface area contributed by atoms with Gasteiger partial charge in [0.1, 0.15) is 0 Å². The van der Waals surface area contributed by atoms with Crippen LogP contribution in [0.5, 0.6) is 0 Å². The second kappa shape index (κ2) is 6.59. The molecule has 0 aliphatic rings. The van der Waals surface area contributed by atoms with E-state index >= 15 is 0 Å². The molecule has 0 saturated heterocycles. The van der Waals surface area contributed by atoms with Gasteiger partial charge in [0.05, 0.1) is 6.61 Å². The third-order valence-electron chi connectivity index (χ3n) is 2.25. The fourth-order valence-corrected chi connectivity index (χ4v) is 1.35. The van der Waals surface area contributed by atoms with E-state index in [1.165, 1.54) is 6.08 Å². The standard InChI is InChI=1S/C14H17NO3/c1-4-18-13(16)9-11(3)15-14(17)12-7-5-10(2)6-8-12/h5-9H,4H2,1-3H3,(H,15,17)/b11-9-. The first-order chi connectivity index (χ1) is 8.52. The van der Waals surface area contributed by atoms with Crippen LogP contribution in [0.15, 0.2) is 36.0 Å². The third kappa shape index (κ3) is 4.41. The highest BCUT2D eigenvalue weighted by Crippen LogP contribution is 2.03. The minimum atomic E-state index is -0.459. The average Bonchev–Trinajstić information content (AvgIpc) is 2.29. The number of carbonyl (C=O) groups excluding carboxylic acids is 2. The molecule has 0 aliphatic carbocycles. The van der Waals surface area contributed by atoms with E-state index in [9.17, 15) is 9.59 Å². The number of amides is 1. The highest BCUT2D eigenvalue weighted by molar-refractivity contribution is 5.96. The molecule has 1 N–H and O–H groups in total. The van der Waals surface area contributed by atoms with Gasteiger partial charge < -0.3 is 10.1 Å². The van der Waals surface area contributed by atoms with E-state index in [0.29, 0.717) is 17.9 Å². The largest absolute Gasteiger partial charge is 0.463 e. The summed E-state index contributed by atoms with van der Waals surface area (Å²) < 4.78 is 4.75. The lowest BCUT2D eigenvalue weighted by Gasteiger charge is -2.05. The van der Waals surface area contributed by atoms with E-state index in [0.717, 1.165) is 5.56 Å². The van der Waals surface area contributed by atoms with Gasteiger partial charge >= 0.3 is 5.97 Å². The fourth-order valence-electron chi connectivity index (χ4n) is 1.35. The zero-order chi connectivity index (χ0) is 13.5. The molecule has 0 heterocycles. The maximum Gasteiger partial charge on any atom is 0.332 e. The first kappa shape index (κ1) is 14.0. The Morgan fingerprint density at radius 2 is 1.89 bits per heavy atom. The molecular weight excluding hydrogens is 230 g/mol. The molecule has 1 amide bonds. The van der Waals surface area contributed by atoms with E-state index < -0.39 is 5.97 Å². The molecule has 18 heavy (non-hydrogen) atoms. The predicted octanol–water partition coefficient (Wildman–Crippen LogP) is 2.19. The molecule has 4 nitrogen and oxygen atoms in total. The van der Waals surface area contributed by atoms with Gasteiger partial charge in [-0.3, -0.25) is 4.79 Å². The lowest BCUT2D eigenvalue weighted by atomic mass is 10.1. The van der Waals surface area contributed by atoms with E-state index in [4.69, 9.17) is 4.74 Å². The van der Waals surface area contributed by atoms with Crippen molar-refractivity contribution in [1.29, 1.82) is 0 Å². The number of hydrogen-bond donors (Lipinski definition) is 1. The molecule has 4 heteroatoms. The number of aryl methyl sites for hydroxylation is 1. The van der Waals surface area contributed by atoms with Gasteiger partial charge in [-0.15, -0.1) is 0 Å². The normalized spacial score (nSPS) is 10.9. The SMILES string of the molecule is CCOC(=O)/C=C(/C)NC(=O)c1ccc(C)cc1. The number of nitrogens with one attached hydrogen (secondary N) is 1. The fraction of sp³-hybridized carbons (Fsp3) is 0.286. The third-order valence-corrected chi connectivity index (χ3v) is 2.25. The van der Waals surface area contributed by atoms with Crippen molar-refractivity contribution in [3.63, 3.8) is 0 Å². The summed E-state index contributed by atoms with van der Waals surface area (Å²) in [5.74, 6) is -0.702. The molecule has 96 valence electrons. The van der Waals surface area contributed by atoms with Crippen LogP contribution in [0.25, 0.3) is 0 Å². The van der Waals surface area contributed by atoms with Gasteiger partial charge in [0.15, 0.2) is 0 Å². The Hall–Kier alpha value is -2.10. The van der Waals surface area contributed by atoms with E-state index in [2.05, 4.69) is 5.32 Å². The summed E-state index contributed by atoms with van der Waals surface area (Å²) >= 11 is 0. The Labute approximate surface area is 107 Å². The molecule has 0 unspecified atom stereocenters. The van der Waals surface area contributed by atoms with Crippen LogP contribution < -0.4 is 5.32 Å². The lowest BCUT2D eigenvalue weighted by molar-refractivity contribution is -0.137. The van der Waals surface area contributed by atoms with Crippen molar-refractivity contribution in [1.82, 2.24) is 5.32 Å². The minimum Gasteiger partial charge on any atom is -0.463 e. The van der Waals surface area contributed by atoms with Crippen LogP contribution in [0, 0.1) is 6.92 Å². The highest BCUT2D eigenvalue weighted by Gasteiger charge is 2.06.